The van der Waals surface area contributed by atoms with E-state index in [1.54, 1.807) is 0 Å². The first-order valence-corrected chi connectivity index (χ1v) is 11.1. The van der Waals surface area contributed by atoms with Crippen molar-refractivity contribution in [3.05, 3.63) is 36.0 Å². The molecule has 4 bridgehead atoms. The third kappa shape index (κ3) is 2.68. The number of hydrogen-bond donors (Lipinski definition) is 0. The van der Waals surface area contributed by atoms with Crippen LogP contribution in [0, 0.1) is 17.8 Å². The Kier molecular flexibility index (Phi) is 3.96. The van der Waals surface area contributed by atoms with E-state index in [0.717, 1.165) is 69.2 Å². The lowest BCUT2D eigenvalue weighted by Gasteiger charge is -2.55. The number of ether oxygens (including phenoxy) is 2. The lowest BCUT2D eigenvalue weighted by molar-refractivity contribution is -0.194. The average molecular weight is 380 g/mol. The van der Waals surface area contributed by atoms with Gasteiger partial charge >= 0.3 is 0 Å². The third-order valence-electron chi connectivity index (χ3n) is 7.73. The fourth-order valence-corrected chi connectivity index (χ4v) is 6.63. The van der Waals surface area contributed by atoms with E-state index in [0.29, 0.717) is 23.9 Å². The summed E-state index contributed by atoms with van der Waals surface area (Å²) in [4.78, 5) is 13.9. The van der Waals surface area contributed by atoms with Gasteiger partial charge in [0, 0.05) is 42.4 Å². The molecule has 2 aliphatic carbocycles. The van der Waals surface area contributed by atoms with E-state index in [4.69, 9.17) is 9.47 Å². The number of ketones is 1. The fourth-order valence-electron chi connectivity index (χ4n) is 6.63. The largest absolute Gasteiger partial charge is 0.381 e. The molecule has 0 N–H and O–H groups in total. The van der Waals surface area contributed by atoms with Crippen molar-refractivity contribution in [3.63, 3.8) is 0 Å². The Morgan fingerprint density at radius 3 is 2.57 bits per heavy atom. The van der Waals surface area contributed by atoms with E-state index in [2.05, 4.69) is 35.0 Å². The monoisotopic (exact) mass is 379 g/mol. The first-order valence-electron chi connectivity index (χ1n) is 11.1. The molecular weight excluding hydrogens is 350 g/mol. The second kappa shape index (κ2) is 6.43. The van der Waals surface area contributed by atoms with Gasteiger partial charge in [0.05, 0.1) is 6.10 Å². The molecule has 0 amide bonds. The van der Waals surface area contributed by atoms with E-state index in [-0.39, 0.29) is 5.78 Å². The molecule has 4 atom stereocenters. The van der Waals surface area contributed by atoms with Gasteiger partial charge < -0.3 is 14.0 Å². The van der Waals surface area contributed by atoms with Crippen LogP contribution in [0.4, 0.5) is 0 Å². The molecule has 28 heavy (non-hydrogen) atoms. The molecule has 4 heterocycles. The Bertz CT molecular complexity index is 872. The van der Waals surface area contributed by atoms with Crippen LogP contribution in [0.3, 0.4) is 0 Å². The summed E-state index contributed by atoms with van der Waals surface area (Å²) in [5.41, 5.74) is 1.51. The number of benzene rings is 1. The van der Waals surface area contributed by atoms with Gasteiger partial charge in [0.25, 0.3) is 0 Å². The minimum atomic E-state index is -0.553. The molecule has 3 aliphatic heterocycles. The molecule has 0 radical (unpaired) electrons. The smallest absolute Gasteiger partial charge is 0.196 e. The predicted molar refractivity (Wildman–Crippen MR) is 107 cm³/mol. The van der Waals surface area contributed by atoms with E-state index >= 15 is 0 Å². The molecule has 148 valence electrons. The number of nitrogens with zero attached hydrogens (tertiary/aromatic N) is 1. The molecule has 5 aliphatic rings. The van der Waals surface area contributed by atoms with Gasteiger partial charge in [-0.25, -0.2) is 0 Å². The number of carbonyl (C=O) groups is 1. The van der Waals surface area contributed by atoms with Gasteiger partial charge in [-0.3, -0.25) is 4.79 Å². The quantitative estimate of drug-likeness (QED) is 0.729. The van der Waals surface area contributed by atoms with E-state index in [9.17, 15) is 4.79 Å². The van der Waals surface area contributed by atoms with E-state index in [1.807, 2.05) is 0 Å². The van der Waals surface area contributed by atoms with Crippen molar-refractivity contribution >= 4 is 16.7 Å². The van der Waals surface area contributed by atoms with Crippen LogP contribution in [0.25, 0.3) is 10.9 Å². The minimum absolute atomic E-state index is 0.244. The van der Waals surface area contributed by atoms with E-state index in [1.165, 1.54) is 11.9 Å². The zero-order valence-electron chi connectivity index (χ0n) is 16.4. The SMILES string of the molecule is O=C(c1cn(CC2CCOCC2)c2ccccc12)C12C[C@@H]3CC(C[C@@H](C3)C1)O2. The van der Waals surface area contributed by atoms with Crippen LogP contribution in [-0.2, 0) is 16.0 Å². The van der Waals surface area contributed by atoms with E-state index < -0.39 is 5.60 Å². The molecule has 2 aromatic rings. The molecular formula is C24H29NO3. The van der Waals surface area contributed by atoms with Gasteiger partial charge in [-0.05, 0) is 68.8 Å². The number of para-hydroxylation sites is 1. The van der Waals surface area contributed by atoms with Crippen molar-refractivity contribution in [1.82, 2.24) is 4.57 Å². The second-order valence-electron chi connectivity index (χ2n) is 9.68. The zero-order valence-corrected chi connectivity index (χ0v) is 16.4. The first-order chi connectivity index (χ1) is 13.7. The number of Topliss-reactive ketones (excluding diaryl/α,β-unsaturated/α-hetero) is 1. The van der Waals surface area contributed by atoms with Gasteiger partial charge in [-0.1, -0.05) is 18.2 Å². The number of rotatable bonds is 4. The number of hydrogen-bond acceptors (Lipinski definition) is 3. The summed E-state index contributed by atoms with van der Waals surface area (Å²) in [6.45, 7) is 2.69. The van der Waals surface area contributed by atoms with Crippen LogP contribution in [0.15, 0.2) is 30.5 Å². The molecule has 0 spiro atoms. The summed E-state index contributed by atoms with van der Waals surface area (Å²) in [6, 6.07) is 8.41. The molecule has 3 saturated heterocycles. The van der Waals surface area contributed by atoms with Crippen molar-refractivity contribution in [2.45, 2.75) is 63.2 Å². The van der Waals surface area contributed by atoms with Crippen molar-refractivity contribution in [2.24, 2.45) is 17.8 Å². The molecule has 2 unspecified atom stereocenters. The van der Waals surface area contributed by atoms with Crippen LogP contribution in [0.1, 0.15) is 55.3 Å². The number of fused-ring (bicyclic) bond motifs is 1. The Hall–Kier alpha value is -1.65. The Morgan fingerprint density at radius 2 is 1.82 bits per heavy atom. The number of aromatic nitrogens is 1. The van der Waals surface area contributed by atoms with Crippen molar-refractivity contribution < 1.29 is 14.3 Å². The second-order valence-corrected chi connectivity index (χ2v) is 9.68. The van der Waals surface area contributed by atoms with Gasteiger partial charge in [-0.15, -0.1) is 0 Å². The molecule has 4 heteroatoms. The van der Waals surface area contributed by atoms with Gasteiger partial charge in [0.15, 0.2) is 5.78 Å². The highest BCUT2D eigenvalue weighted by molar-refractivity contribution is 6.12. The van der Waals surface area contributed by atoms with Gasteiger partial charge in [-0.2, -0.15) is 0 Å². The van der Waals surface area contributed by atoms with Crippen LogP contribution < -0.4 is 0 Å². The molecule has 4 nitrogen and oxygen atoms in total. The Labute approximate surface area is 166 Å². The predicted octanol–water partition coefficient (Wildman–Crippen LogP) is 4.60. The normalized spacial score (nSPS) is 34.9. The van der Waals surface area contributed by atoms with Crippen molar-refractivity contribution in [3.8, 4) is 0 Å². The lowest BCUT2D eigenvalue weighted by Crippen LogP contribution is -2.58. The van der Waals surface area contributed by atoms with Crippen LogP contribution in [0.5, 0.6) is 0 Å². The van der Waals surface area contributed by atoms with Crippen LogP contribution in [0.2, 0.25) is 0 Å². The topological polar surface area (TPSA) is 40.5 Å². The summed E-state index contributed by atoms with van der Waals surface area (Å²) in [5, 5.41) is 1.10. The molecule has 2 saturated carbocycles. The highest BCUT2D eigenvalue weighted by Crippen LogP contribution is 2.54. The van der Waals surface area contributed by atoms with Crippen LogP contribution in [-0.4, -0.2) is 35.3 Å². The third-order valence-corrected chi connectivity index (χ3v) is 7.73. The lowest BCUT2D eigenvalue weighted by atomic mass is 9.60. The van der Waals surface area contributed by atoms with Gasteiger partial charge in [0.1, 0.15) is 5.60 Å². The summed E-state index contributed by atoms with van der Waals surface area (Å²) in [5.74, 6) is 2.24. The highest BCUT2D eigenvalue weighted by atomic mass is 16.5. The standard InChI is InChI=1S/C24H29NO3/c26-23(24-12-17-9-18(13-24)11-19(10-17)28-24)21-15-25(14-16-5-7-27-8-6-16)22-4-2-1-3-20(21)22/h1-4,15-19H,5-14H2/t17-,18+,19?,24?. The maximum atomic E-state index is 13.9. The summed E-state index contributed by atoms with van der Waals surface area (Å²) in [7, 11) is 0. The fraction of sp³-hybridized carbons (Fsp3) is 0.625. The van der Waals surface area contributed by atoms with Gasteiger partial charge in [0.2, 0.25) is 0 Å². The maximum Gasteiger partial charge on any atom is 0.196 e. The molecule has 7 rings (SSSR count). The Morgan fingerprint density at radius 1 is 1.07 bits per heavy atom. The summed E-state index contributed by atoms with van der Waals surface area (Å²) in [6.07, 6.45) is 10.1. The minimum Gasteiger partial charge on any atom is -0.381 e. The van der Waals surface area contributed by atoms with Crippen LogP contribution >= 0.6 is 0 Å². The maximum absolute atomic E-state index is 13.9. The van der Waals surface area contributed by atoms with Crippen molar-refractivity contribution in [2.75, 3.05) is 13.2 Å². The average Bonchev–Trinajstić information content (AvgIpc) is 3.06. The molecule has 1 aromatic carbocycles. The summed E-state index contributed by atoms with van der Waals surface area (Å²) < 4.78 is 14.3. The molecule has 1 aromatic heterocycles. The number of carbonyl (C=O) groups excluding carboxylic acids is 1. The Balaban J connectivity index is 1.37. The summed E-state index contributed by atoms with van der Waals surface area (Å²) >= 11 is 0. The highest BCUT2D eigenvalue weighted by Gasteiger charge is 2.56. The molecule has 5 fully saturated rings. The van der Waals surface area contributed by atoms with Crippen molar-refractivity contribution in [1.29, 1.82) is 0 Å². The zero-order chi connectivity index (χ0) is 18.7. The first kappa shape index (κ1) is 17.2.